The first kappa shape index (κ1) is 23.1. The van der Waals surface area contributed by atoms with Gasteiger partial charge in [-0.05, 0) is 17.7 Å². The predicted molar refractivity (Wildman–Crippen MR) is 133 cm³/mol. The average molecular weight is 500 g/mol. The fourth-order valence-corrected chi connectivity index (χ4v) is 5.03. The Labute approximate surface area is 209 Å². The van der Waals surface area contributed by atoms with E-state index in [4.69, 9.17) is 33.2 Å². The molecule has 0 saturated carbocycles. The van der Waals surface area contributed by atoms with Crippen molar-refractivity contribution in [2.45, 2.75) is 26.4 Å². The van der Waals surface area contributed by atoms with Crippen LogP contribution in [-0.2, 0) is 31.4 Å². The number of fused-ring (bicyclic) bond motifs is 1. The highest BCUT2D eigenvalue weighted by molar-refractivity contribution is 6.35. The lowest BCUT2D eigenvalue weighted by molar-refractivity contribution is -0.129. The highest BCUT2D eigenvalue weighted by Gasteiger charge is 2.27. The number of piperazine rings is 1. The summed E-state index contributed by atoms with van der Waals surface area (Å²) in [6.45, 7) is 7.03. The van der Waals surface area contributed by atoms with E-state index >= 15 is 0 Å². The summed E-state index contributed by atoms with van der Waals surface area (Å²) in [7, 11) is 1.90. The molecular formula is C24H27Cl2N7O. The lowest BCUT2D eigenvalue weighted by atomic mass is 10.1. The smallest absolute Gasteiger partial charge is 0.219 e. The zero-order chi connectivity index (χ0) is 23.8. The van der Waals surface area contributed by atoms with Gasteiger partial charge in [0.1, 0.15) is 5.69 Å². The third kappa shape index (κ3) is 4.76. The SMILES string of the molecule is CC(=O)N1CCc2nc(N3CCN(Cc4ccc(Cl)cc4Cl)CC3)c(-c3cnn(C)c3)nc2C1. The topological polar surface area (TPSA) is 70.4 Å². The number of amides is 1. The molecule has 1 saturated heterocycles. The van der Waals surface area contributed by atoms with Crippen LogP contribution in [0.5, 0.6) is 0 Å². The lowest BCUT2D eigenvalue weighted by Gasteiger charge is -2.37. The number of aromatic nitrogens is 4. The highest BCUT2D eigenvalue weighted by Crippen LogP contribution is 2.31. The van der Waals surface area contributed by atoms with Crippen molar-refractivity contribution in [2.75, 3.05) is 37.6 Å². The third-order valence-corrected chi connectivity index (χ3v) is 7.08. The van der Waals surface area contributed by atoms with E-state index in [0.717, 1.165) is 73.2 Å². The summed E-state index contributed by atoms with van der Waals surface area (Å²) in [5.41, 5.74) is 4.70. The monoisotopic (exact) mass is 499 g/mol. The maximum Gasteiger partial charge on any atom is 0.219 e. The number of aryl methyl sites for hydroxylation is 1. The van der Waals surface area contributed by atoms with Crippen LogP contribution in [0.1, 0.15) is 23.9 Å². The van der Waals surface area contributed by atoms with Gasteiger partial charge in [-0.25, -0.2) is 9.97 Å². The standard InChI is InChI=1S/C24H27Cl2N7O/c1-16(34)33-6-5-21-22(15-33)28-23(18-12-27-30(2)13-18)24(29-21)32-9-7-31(8-10-32)14-17-3-4-19(25)11-20(17)26/h3-4,11-13H,5-10,14-15H2,1-2H3. The molecular weight excluding hydrogens is 473 g/mol. The summed E-state index contributed by atoms with van der Waals surface area (Å²) in [5.74, 6) is 0.962. The second-order valence-corrected chi connectivity index (χ2v) is 9.73. The van der Waals surface area contributed by atoms with Crippen molar-refractivity contribution in [3.8, 4) is 11.3 Å². The molecule has 0 bridgehead atoms. The molecule has 1 fully saturated rings. The molecule has 178 valence electrons. The van der Waals surface area contributed by atoms with Crippen LogP contribution < -0.4 is 4.90 Å². The molecule has 0 aliphatic carbocycles. The van der Waals surface area contributed by atoms with Gasteiger partial charge in [-0.2, -0.15) is 5.10 Å². The fraction of sp³-hybridized carbons (Fsp3) is 0.417. The Morgan fingerprint density at radius 1 is 1.06 bits per heavy atom. The van der Waals surface area contributed by atoms with E-state index in [9.17, 15) is 4.79 Å². The number of hydrogen-bond donors (Lipinski definition) is 0. The van der Waals surface area contributed by atoms with Gasteiger partial charge in [-0.15, -0.1) is 0 Å². The largest absolute Gasteiger partial charge is 0.352 e. The first-order valence-electron chi connectivity index (χ1n) is 11.4. The highest BCUT2D eigenvalue weighted by atomic mass is 35.5. The second kappa shape index (κ2) is 9.52. The van der Waals surface area contributed by atoms with Gasteiger partial charge >= 0.3 is 0 Å². The van der Waals surface area contributed by atoms with E-state index < -0.39 is 0 Å². The van der Waals surface area contributed by atoms with Crippen molar-refractivity contribution in [1.29, 1.82) is 0 Å². The first-order valence-corrected chi connectivity index (χ1v) is 12.2. The molecule has 1 aromatic carbocycles. The number of benzene rings is 1. The molecule has 2 aromatic heterocycles. The van der Waals surface area contributed by atoms with Crippen molar-refractivity contribution in [2.24, 2.45) is 7.05 Å². The molecule has 4 heterocycles. The summed E-state index contributed by atoms with van der Waals surface area (Å²) in [4.78, 5) is 28.5. The summed E-state index contributed by atoms with van der Waals surface area (Å²) in [5, 5.41) is 5.70. The zero-order valence-electron chi connectivity index (χ0n) is 19.3. The molecule has 0 N–H and O–H groups in total. The number of anilines is 1. The molecule has 5 rings (SSSR count). The van der Waals surface area contributed by atoms with Crippen LogP contribution in [0.3, 0.4) is 0 Å². The number of carbonyl (C=O) groups excluding carboxylic acids is 1. The summed E-state index contributed by atoms with van der Waals surface area (Å²) in [6, 6.07) is 5.68. The fourth-order valence-electron chi connectivity index (χ4n) is 4.56. The molecule has 8 nitrogen and oxygen atoms in total. The minimum atomic E-state index is 0.0661. The van der Waals surface area contributed by atoms with Crippen LogP contribution in [-0.4, -0.2) is 68.2 Å². The molecule has 1 amide bonds. The number of hydrogen-bond acceptors (Lipinski definition) is 6. The maximum absolute atomic E-state index is 11.9. The average Bonchev–Trinajstić information content (AvgIpc) is 3.26. The Kier molecular flexibility index (Phi) is 6.46. The Morgan fingerprint density at radius 2 is 1.85 bits per heavy atom. The van der Waals surface area contributed by atoms with Crippen molar-refractivity contribution >= 4 is 34.9 Å². The summed E-state index contributed by atoms with van der Waals surface area (Å²) >= 11 is 12.4. The van der Waals surface area contributed by atoms with Crippen molar-refractivity contribution in [3.63, 3.8) is 0 Å². The molecule has 2 aliphatic rings. The zero-order valence-corrected chi connectivity index (χ0v) is 20.9. The molecule has 0 unspecified atom stereocenters. The lowest BCUT2D eigenvalue weighted by Crippen LogP contribution is -2.46. The van der Waals surface area contributed by atoms with E-state index in [1.807, 2.05) is 36.5 Å². The third-order valence-electron chi connectivity index (χ3n) is 6.50. The summed E-state index contributed by atoms with van der Waals surface area (Å²) < 4.78 is 1.77. The van der Waals surface area contributed by atoms with Gasteiger partial charge in [0, 0.05) is 81.5 Å². The normalized spacial score (nSPS) is 16.6. The minimum Gasteiger partial charge on any atom is -0.352 e. The first-order chi connectivity index (χ1) is 16.4. The Morgan fingerprint density at radius 3 is 2.53 bits per heavy atom. The van der Waals surface area contributed by atoms with Crippen LogP contribution in [0, 0.1) is 0 Å². The summed E-state index contributed by atoms with van der Waals surface area (Å²) in [6.07, 6.45) is 4.51. The van der Waals surface area contributed by atoms with Gasteiger partial charge in [-0.3, -0.25) is 14.4 Å². The number of halogens is 2. The Balaban J connectivity index is 1.38. The van der Waals surface area contributed by atoms with Gasteiger partial charge in [0.25, 0.3) is 0 Å². The van der Waals surface area contributed by atoms with E-state index in [1.165, 1.54) is 0 Å². The predicted octanol–water partition coefficient (Wildman–Crippen LogP) is 3.41. The maximum atomic E-state index is 11.9. The molecule has 0 radical (unpaired) electrons. The molecule has 0 atom stereocenters. The van der Waals surface area contributed by atoms with Gasteiger partial charge in [0.05, 0.1) is 24.1 Å². The number of rotatable bonds is 4. The van der Waals surface area contributed by atoms with Crippen LogP contribution >= 0.6 is 23.2 Å². The van der Waals surface area contributed by atoms with E-state index in [-0.39, 0.29) is 5.91 Å². The minimum absolute atomic E-state index is 0.0661. The van der Waals surface area contributed by atoms with Crippen molar-refractivity contribution in [3.05, 3.63) is 57.6 Å². The van der Waals surface area contributed by atoms with Crippen molar-refractivity contribution < 1.29 is 4.79 Å². The van der Waals surface area contributed by atoms with Crippen LogP contribution in [0.15, 0.2) is 30.6 Å². The molecule has 0 spiro atoms. The Bertz CT molecular complexity index is 1220. The molecule has 10 heteroatoms. The van der Waals surface area contributed by atoms with Crippen LogP contribution in [0.4, 0.5) is 5.82 Å². The Hall–Kier alpha value is -2.68. The van der Waals surface area contributed by atoms with Gasteiger partial charge < -0.3 is 9.80 Å². The molecule has 34 heavy (non-hydrogen) atoms. The molecule has 2 aliphatic heterocycles. The molecule has 3 aromatic rings. The van der Waals surface area contributed by atoms with Gasteiger partial charge in [0.2, 0.25) is 5.91 Å². The second-order valence-electron chi connectivity index (χ2n) is 8.88. The number of carbonyl (C=O) groups is 1. The quantitative estimate of drug-likeness (QED) is 0.547. The number of nitrogens with zero attached hydrogens (tertiary/aromatic N) is 7. The van der Waals surface area contributed by atoms with E-state index in [0.29, 0.717) is 23.1 Å². The van der Waals surface area contributed by atoms with E-state index in [2.05, 4.69) is 14.9 Å². The van der Waals surface area contributed by atoms with E-state index in [1.54, 1.807) is 17.7 Å². The van der Waals surface area contributed by atoms with Crippen molar-refractivity contribution in [1.82, 2.24) is 29.5 Å². The van der Waals surface area contributed by atoms with Crippen LogP contribution in [0.25, 0.3) is 11.3 Å². The van der Waals surface area contributed by atoms with Gasteiger partial charge in [0.15, 0.2) is 5.82 Å². The van der Waals surface area contributed by atoms with Crippen LogP contribution in [0.2, 0.25) is 10.0 Å². The van der Waals surface area contributed by atoms with Gasteiger partial charge in [-0.1, -0.05) is 29.3 Å².